The monoisotopic (exact) mass is 448 g/mol. The van der Waals surface area contributed by atoms with Crippen molar-refractivity contribution in [3.05, 3.63) is 46.8 Å². The van der Waals surface area contributed by atoms with E-state index in [9.17, 15) is 8.78 Å². The summed E-state index contributed by atoms with van der Waals surface area (Å²) in [4.78, 5) is 8.83. The molecule has 2 aliphatic heterocycles. The van der Waals surface area contributed by atoms with E-state index in [1.54, 1.807) is 0 Å². The quantitative estimate of drug-likeness (QED) is 0.570. The number of hydrogen-bond donors (Lipinski definition) is 0. The highest BCUT2D eigenvalue weighted by Crippen LogP contribution is 2.31. The van der Waals surface area contributed by atoms with Crippen LogP contribution in [0.3, 0.4) is 0 Å². The molecule has 2 aromatic rings. The highest BCUT2D eigenvalue weighted by Gasteiger charge is 2.35. The van der Waals surface area contributed by atoms with Gasteiger partial charge >= 0.3 is 6.43 Å². The van der Waals surface area contributed by atoms with Crippen LogP contribution in [-0.2, 0) is 26.5 Å². The highest BCUT2D eigenvalue weighted by atomic mass is 19.3. The molecular formula is C22H26F2N4O4. The first-order chi connectivity index (χ1) is 15.4. The Morgan fingerprint density at radius 1 is 1.12 bits per heavy atom. The van der Waals surface area contributed by atoms with Gasteiger partial charge in [-0.1, -0.05) is 0 Å². The van der Waals surface area contributed by atoms with Crippen molar-refractivity contribution in [2.24, 2.45) is 4.99 Å². The van der Waals surface area contributed by atoms with Crippen molar-refractivity contribution in [1.82, 2.24) is 10.2 Å². The molecule has 0 bridgehead atoms. The van der Waals surface area contributed by atoms with Gasteiger partial charge in [-0.3, -0.25) is 0 Å². The zero-order valence-electron chi connectivity index (χ0n) is 18.3. The van der Waals surface area contributed by atoms with Gasteiger partial charge in [0.25, 0.3) is 5.90 Å². The second kappa shape index (κ2) is 9.33. The number of aryl methyl sites for hydroxylation is 3. The second-order valence-electron chi connectivity index (χ2n) is 7.82. The normalized spacial score (nSPS) is 17.6. The summed E-state index contributed by atoms with van der Waals surface area (Å²) in [5, 5.41) is 9.86. The van der Waals surface area contributed by atoms with E-state index in [0.29, 0.717) is 31.2 Å². The first-order valence-electron chi connectivity index (χ1n) is 10.5. The number of ether oxygens (including phenoxy) is 3. The van der Waals surface area contributed by atoms with Crippen LogP contribution in [0.25, 0.3) is 0 Å². The van der Waals surface area contributed by atoms with Gasteiger partial charge in [0, 0.05) is 0 Å². The van der Waals surface area contributed by atoms with Crippen LogP contribution in [-0.4, -0.2) is 49.0 Å². The lowest BCUT2D eigenvalue weighted by Crippen LogP contribution is -2.24. The van der Waals surface area contributed by atoms with Crippen molar-refractivity contribution in [1.29, 1.82) is 0 Å². The van der Waals surface area contributed by atoms with E-state index in [-0.39, 0.29) is 6.67 Å². The first kappa shape index (κ1) is 22.3. The smallest absolute Gasteiger partial charge is 0.315 e. The standard InChI is InChI=1S/C22H26F2N4O4/c1-14-11-17(28-13-25-21(32-28)20(23)24)12-15(2)19(14)29-8-4-5-16-6-7-18(27-26-16)22(3)30-9-10-31-22/h6-7,11-12,20H,4-5,8-10,13H2,1-3H3. The Hall–Kier alpha value is -2.85. The Labute approximate surface area is 185 Å². The minimum absolute atomic E-state index is 0.0377. The number of alkyl halides is 2. The van der Waals surface area contributed by atoms with Crippen molar-refractivity contribution < 1.29 is 27.8 Å². The van der Waals surface area contributed by atoms with E-state index in [1.165, 1.54) is 5.06 Å². The Morgan fingerprint density at radius 2 is 1.84 bits per heavy atom. The molecule has 8 nitrogen and oxygen atoms in total. The maximum atomic E-state index is 12.7. The third kappa shape index (κ3) is 4.81. The molecule has 4 rings (SSSR count). The van der Waals surface area contributed by atoms with Gasteiger partial charge in [-0.05, 0) is 69.0 Å². The second-order valence-corrected chi connectivity index (χ2v) is 7.82. The number of benzene rings is 1. The molecule has 32 heavy (non-hydrogen) atoms. The van der Waals surface area contributed by atoms with Gasteiger partial charge in [-0.2, -0.15) is 18.9 Å². The number of nitrogens with zero attached hydrogens (tertiary/aromatic N) is 4. The van der Waals surface area contributed by atoms with Gasteiger partial charge < -0.3 is 19.0 Å². The fourth-order valence-electron chi connectivity index (χ4n) is 3.67. The van der Waals surface area contributed by atoms with Crippen LogP contribution in [0.1, 0.15) is 35.9 Å². The zero-order valence-corrected chi connectivity index (χ0v) is 18.3. The number of halogens is 2. The molecule has 2 aliphatic rings. The number of hydrogen-bond acceptors (Lipinski definition) is 8. The molecule has 0 radical (unpaired) electrons. The molecule has 172 valence electrons. The predicted octanol–water partition coefficient (Wildman–Crippen LogP) is 3.70. The number of aromatic nitrogens is 2. The fourth-order valence-corrected chi connectivity index (χ4v) is 3.67. The van der Waals surface area contributed by atoms with Gasteiger partial charge in [0.15, 0.2) is 0 Å². The number of aliphatic imine (C=N–C) groups is 1. The molecule has 1 saturated heterocycles. The average Bonchev–Trinajstić information content (AvgIpc) is 3.43. The fraction of sp³-hybridized carbons (Fsp3) is 0.500. The molecule has 1 fully saturated rings. The van der Waals surface area contributed by atoms with E-state index in [2.05, 4.69) is 15.2 Å². The molecule has 0 unspecified atom stereocenters. The molecule has 0 amide bonds. The molecule has 10 heteroatoms. The molecule has 0 saturated carbocycles. The van der Waals surface area contributed by atoms with Crippen molar-refractivity contribution in [3.8, 4) is 5.75 Å². The number of anilines is 1. The van der Waals surface area contributed by atoms with Crippen LogP contribution >= 0.6 is 0 Å². The first-order valence-corrected chi connectivity index (χ1v) is 10.5. The van der Waals surface area contributed by atoms with Crippen molar-refractivity contribution in [2.45, 2.75) is 45.8 Å². The minimum Gasteiger partial charge on any atom is -0.493 e. The van der Waals surface area contributed by atoms with E-state index in [1.807, 2.05) is 45.0 Å². The summed E-state index contributed by atoms with van der Waals surface area (Å²) >= 11 is 0. The molecule has 0 aliphatic carbocycles. The van der Waals surface area contributed by atoms with Crippen molar-refractivity contribution in [3.63, 3.8) is 0 Å². The van der Waals surface area contributed by atoms with Crippen LogP contribution in [0.5, 0.6) is 5.75 Å². The molecule has 3 heterocycles. The minimum atomic E-state index is -2.72. The average molecular weight is 448 g/mol. The van der Waals surface area contributed by atoms with E-state index >= 15 is 0 Å². The SMILES string of the molecule is Cc1cc(N2CN=C(C(F)F)O2)cc(C)c1OCCCc1ccc(C2(C)OCCO2)nn1. The Balaban J connectivity index is 1.29. The summed E-state index contributed by atoms with van der Waals surface area (Å²) in [6, 6.07) is 7.48. The molecule has 1 aromatic carbocycles. The van der Waals surface area contributed by atoms with Crippen LogP contribution in [0.15, 0.2) is 29.3 Å². The summed E-state index contributed by atoms with van der Waals surface area (Å²) < 4.78 is 42.7. The van der Waals surface area contributed by atoms with Gasteiger partial charge in [0.1, 0.15) is 18.1 Å². The lowest BCUT2D eigenvalue weighted by Gasteiger charge is -2.20. The topological polar surface area (TPSA) is 78.3 Å². The summed E-state index contributed by atoms with van der Waals surface area (Å²) in [6.45, 7) is 7.31. The Bertz CT molecular complexity index is 955. The van der Waals surface area contributed by atoms with E-state index in [0.717, 1.165) is 35.4 Å². The number of hydroxylamine groups is 1. The van der Waals surface area contributed by atoms with Gasteiger partial charge in [0.05, 0.1) is 31.2 Å². The molecule has 0 N–H and O–H groups in total. The zero-order chi connectivity index (χ0) is 22.7. The van der Waals surface area contributed by atoms with Crippen LogP contribution in [0.2, 0.25) is 0 Å². The lowest BCUT2D eigenvalue weighted by atomic mass is 10.1. The summed E-state index contributed by atoms with van der Waals surface area (Å²) in [7, 11) is 0. The highest BCUT2D eigenvalue weighted by molar-refractivity contribution is 5.82. The predicted molar refractivity (Wildman–Crippen MR) is 113 cm³/mol. The van der Waals surface area contributed by atoms with Gasteiger partial charge in [-0.15, -0.1) is 5.10 Å². The largest absolute Gasteiger partial charge is 0.493 e. The summed E-state index contributed by atoms with van der Waals surface area (Å²) in [5.41, 5.74) is 3.97. The maximum Gasteiger partial charge on any atom is 0.315 e. The lowest BCUT2D eigenvalue weighted by molar-refractivity contribution is -0.153. The van der Waals surface area contributed by atoms with Gasteiger partial charge in [-0.25, -0.2) is 4.99 Å². The van der Waals surface area contributed by atoms with Crippen LogP contribution in [0.4, 0.5) is 14.5 Å². The van der Waals surface area contributed by atoms with E-state index < -0.39 is 18.1 Å². The molecule has 1 aromatic heterocycles. The van der Waals surface area contributed by atoms with Crippen molar-refractivity contribution in [2.75, 3.05) is 31.6 Å². The van der Waals surface area contributed by atoms with Crippen LogP contribution < -0.4 is 9.80 Å². The van der Waals surface area contributed by atoms with Gasteiger partial charge in [0.2, 0.25) is 5.79 Å². The van der Waals surface area contributed by atoms with E-state index in [4.69, 9.17) is 19.0 Å². The third-order valence-corrected chi connectivity index (χ3v) is 5.33. The third-order valence-electron chi connectivity index (χ3n) is 5.33. The Kier molecular flexibility index (Phi) is 6.52. The molecular weight excluding hydrogens is 422 g/mol. The Morgan fingerprint density at radius 3 is 2.44 bits per heavy atom. The summed E-state index contributed by atoms with van der Waals surface area (Å²) in [5.74, 6) is -0.606. The number of rotatable bonds is 8. The maximum absolute atomic E-state index is 12.7. The molecule has 0 spiro atoms. The molecule has 0 atom stereocenters. The van der Waals surface area contributed by atoms with Crippen LogP contribution in [0, 0.1) is 13.8 Å². The summed E-state index contributed by atoms with van der Waals surface area (Å²) in [6.07, 6.45) is -1.24. The van der Waals surface area contributed by atoms with Crippen molar-refractivity contribution >= 4 is 11.6 Å².